The van der Waals surface area contributed by atoms with E-state index in [1.165, 1.54) is 18.4 Å². The molecule has 92 valence electrons. The molecule has 16 heavy (non-hydrogen) atoms. The van der Waals surface area contributed by atoms with Crippen molar-refractivity contribution in [2.75, 3.05) is 27.5 Å². The van der Waals surface area contributed by atoms with Crippen LogP contribution in [0.2, 0.25) is 0 Å². The minimum Gasteiger partial charge on any atom is -0.378 e. The summed E-state index contributed by atoms with van der Waals surface area (Å²) < 4.78 is 27.2. The van der Waals surface area contributed by atoms with E-state index in [2.05, 4.69) is 6.66 Å². The highest BCUT2D eigenvalue weighted by molar-refractivity contribution is 8.02. The summed E-state index contributed by atoms with van der Waals surface area (Å²) in [5, 5.41) is -0.121. The van der Waals surface area contributed by atoms with E-state index in [0.717, 1.165) is 0 Å². The second-order valence-corrected chi connectivity index (χ2v) is 7.56. The second kappa shape index (κ2) is 5.92. The Balaban J connectivity index is 2.57. The van der Waals surface area contributed by atoms with Crippen molar-refractivity contribution in [2.24, 2.45) is 0 Å². The molecule has 1 aliphatic heterocycles. The first kappa shape index (κ1) is 14.6. The van der Waals surface area contributed by atoms with Gasteiger partial charge in [0.25, 0.3) is 0 Å². The Morgan fingerprint density at radius 2 is 1.94 bits per heavy atom. The SMILES string of the molecule is [B]C1SC(COP([CH2-])(C)=O)C(OC)C1OC. The van der Waals surface area contributed by atoms with E-state index in [0.29, 0.717) is 6.61 Å². The molecular weight excluding hydrogens is 246 g/mol. The fraction of sp³-hybridized carbons (Fsp3) is 0.889. The molecule has 0 N–H and O–H groups in total. The normalized spacial score (nSPS) is 38.5. The van der Waals surface area contributed by atoms with Crippen molar-refractivity contribution >= 4 is 27.0 Å². The number of thioether (sulfide) groups is 1. The summed E-state index contributed by atoms with van der Waals surface area (Å²) in [6.07, 6.45) is -0.304. The molecule has 5 unspecified atom stereocenters. The van der Waals surface area contributed by atoms with Gasteiger partial charge >= 0.3 is 0 Å². The van der Waals surface area contributed by atoms with E-state index in [-0.39, 0.29) is 22.6 Å². The van der Waals surface area contributed by atoms with Gasteiger partial charge in [0.05, 0.1) is 39.3 Å². The summed E-state index contributed by atoms with van der Waals surface area (Å²) in [4.78, 5) is 0. The smallest absolute Gasteiger partial charge is 0.0976 e. The van der Waals surface area contributed by atoms with Crippen molar-refractivity contribution in [3.05, 3.63) is 6.66 Å². The molecule has 0 aromatic carbocycles. The molecular formula is C9H17BO4PS-. The molecule has 0 saturated carbocycles. The molecule has 0 spiro atoms. The van der Waals surface area contributed by atoms with Crippen LogP contribution in [-0.4, -0.2) is 57.9 Å². The Kier molecular flexibility index (Phi) is 5.40. The summed E-state index contributed by atoms with van der Waals surface area (Å²) in [6.45, 7) is 5.26. The number of ether oxygens (including phenoxy) is 2. The van der Waals surface area contributed by atoms with Crippen molar-refractivity contribution in [3.63, 3.8) is 0 Å². The lowest BCUT2D eigenvalue weighted by Crippen LogP contribution is -2.37. The van der Waals surface area contributed by atoms with Crippen LogP contribution in [0.1, 0.15) is 0 Å². The maximum atomic E-state index is 11.4. The van der Waals surface area contributed by atoms with Gasteiger partial charge in [-0.1, -0.05) is 0 Å². The number of hydrogen-bond acceptors (Lipinski definition) is 5. The predicted octanol–water partition coefficient (Wildman–Crippen LogP) is 1.34. The number of methoxy groups -OCH3 is 2. The van der Waals surface area contributed by atoms with Crippen molar-refractivity contribution in [1.29, 1.82) is 0 Å². The Hall–Kier alpha value is 0.525. The van der Waals surface area contributed by atoms with Crippen LogP contribution in [0.5, 0.6) is 0 Å². The van der Waals surface area contributed by atoms with Gasteiger partial charge in [0.2, 0.25) is 0 Å². The Morgan fingerprint density at radius 3 is 2.38 bits per heavy atom. The molecule has 7 heteroatoms. The third-order valence-electron chi connectivity index (χ3n) is 2.40. The van der Waals surface area contributed by atoms with Crippen LogP contribution >= 0.6 is 19.1 Å². The summed E-state index contributed by atoms with van der Waals surface area (Å²) in [7, 11) is 6.41. The van der Waals surface area contributed by atoms with Crippen LogP contribution in [0.15, 0.2) is 0 Å². The summed E-state index contributed by atoms with van der Waals surface area (Å²) in [5.41, 5.74) is 0. The monoisotopic (exact) mass is 263 g/mol. The molecule has 0 aromatic rings. The average molecular weight is 263 g/mol. The Bertz CT molecular complexity index is 272. The molecule has 0 bridgehead atoms. The van der Waals surface area contributed by atoms with Crippen LogP contribution in [0.4, 0.5) is 0 Å². The Morgan fingerprint density at radius 1 is 1.38 bits per heavy atom. The van der Waals surface area contributed by atoms with Crippen LogP contribution in [-0.2, 0) is 18.6 Å². The quantitative estimate of drug-likeness (QED) is 0.425. The van der Waals surface area contributed by atoms with E-state index < -0.39 is 7.37 Å². The largest absolute Gasteiger partial charge is 0.378 e. The number of hydrogen-bond donors (Lipinski definition) is 0. The molecule has 1 heterocycles. The minimum absolute atomic E-state index is 0.0278. The van der Waals surface area contributed by atoms with Gasteiger partial charge in [0.1, 0.15) is 0 Å². The number of rotatable bonds is 5. The summed E-state index contributed by atoms with van der Waals surface area (Å²) in [5.74, 6) is 0. The van der Waals surface area contributed by atoms with Crippen LogP contribution in [0.3, 0.4) is 0 Å². The van der Waals surface area contributed by atoms with Gasteiger partial charge in [-0.15, -0.1) is 0 Å². The van der Waals surface area contributed by atoms with Gasteiger partial charge in [-0.3, -0.25) is 6.66 Å². The molecule has 4 nitrogen and oxygen atoms in total. The topological polar surface area (TPSA) is 44.8 Å². The Labute approximate surface area is 103 Å². The second-order valence-electron chi connectivity index (χ2n) is 3.85. The lowest BCUT2D eigenvalue weighted by atomic mass is 9.94. The molecule has 1 aliphatic rings. The van der Waals surface area contributed by atoms with Crippen molar-refractivity contribution < 1.29 is 18.6 Å². The fourth-order valence-corrected chi connectivity index (χ4v) is 3.64. The zero-order valence-electron chi connectivity index (χ0n) is 9.79. The molecule has 1 saturated heterocycles. The van der Waals surface area contributed by atoms with Gasteiger partial charge in [-0.25, -0.2) is 0 Å². The van der Waals surface area contributed by atoms with Crippen molar-refractivity contribution in [2.45, 2.75) is 22.6 Å². The standard InChI is InChI=1S/C9H17BO4PS/c1-12-7-6(5-14-15(3,4)11)16-9(10)8(7)13-2/h6-9H,3,5H2,1-2,4H3/q-1. The molecule has 0 aromatic heterocycles. The first-order chi connectivity index (χ1) is 7.39. The predicted molar refractivity (Wildman–Crippen MR) is 67.4 cm³/mol. The summed E-state index contributed by atoms with van der Waals surface area (Å²) >= 11 is 1.53. The fourth-order valence-electron chi connectivity index (χ4n) is 1.67. The van der Waals surface area contributed by atoms with Gasteiger partial charge in [0.15, 0.2) is 0 Å². The van der Waals surface area contributed by atoms with Gasteiger partial charge in [-0.2, -0.15) is 11.8 Å². The highest BCUT2D eigenvalue weighted by atomic mass is 32.2. The highest BCUT2D eigenvalue weighted by Gasteiger charge is 2.42. The van der Waals surface area contributed by atoms with E-state index in [1.54, 1.807) is 14.2 Å². The van der Waals surface area contributed by atoms with Crippen molar-refractivity contribution in [1.82, 2.24) is 0 Å². The lowest BCUT2D eigenvalue weighted by Gasteiger charge is -2.24. The molecule has 0 amide bonds. The molecule has 5 atom stereocenters. The average Bonchev–Trinajstić information content (AvgIpc) is 2.49. The molecule has 2 radical (unpaired) electrons. The highest BCUT2D eigenvalue weighted by Crippen LogP contribution is 2.43. The van der Waals surface area contributed by atoms with Gasteiger partial charge in [0, 0.05) is 14.2 Å². The van der Waals surface area contributed by atoms with E-state index in [1.807, 2.05) is 0 Å². The zero-order valence-corrected chi connectivity index (χ0v) is 11.5. The molecule has 0 aliphatic carbocycles. The third-order valence-corrected chi connectivity index (χ3v) is 4.43. The van der Waals surface area contributed by atoms with Gasteiger partial charge in [-0.05, 0) is 11.8 Å². The molecule has 1 fully saturated rings. The van der Waals surface area contributed by atoms with Gasteiger partial charge < -0.3 is 18.6 Å². The maximum absolute atomic E-state index is 11.4. The first-order valence-corrected chi connectivity index (χ1v) is 8.12. The first-order valence-electron chi connectivity index (χ1n) is 4.92. The molecule has 1 rings (SSSR count). The minimum atomic E-state index is -2.70. The van der Waals surface area contributed by atoms with E-state index in [4.69, 9.17) is 21.8 Å². The zero-order chi connectivity index (χ0) is 12.3. The van der Waals surface area contributed by atoms with Crippen LogP contribution in [0.25, 0.3) is 0 Å². The van der Waals surface area contributed by atoms with E-state index in [9.17, 15) is 4.57 Å². The third kappa shape index (κ3) is 3.78. The van der Waals surface area contributed by atoms with Crippen molar-refractivity contribution in [3.8, 4) is 0 Å². The lowest BCUT2D eigenvalue weighted by molar-refractivity contribution is -0.0250. The maximum Gasteiger partial charge on any atom is 0.0976 e. The summed E-state index contributed by atoms with van der Waals surface area (Å²) in [6, 6.07) is 0. The van der Waals surface area contributed by atoms with E-state index >= 15 is 0 Å². The van der Waals surface area contributed by atoms with Crippen LogP contribution in [0, 0.1) is 6.66 Å². The van der Waals surface area contributed by atoms with Crippen LogP contribution < -0.4 is 0 Å².